The highest BCUT2D eigenvalue weighted by Gasteiger charge is 2.10. The van der Waals surface area contributed by atoms with Crippen molar-refractivity contribution in [3.8, 4) is 0 Å². The molecule has 0 radical (unpaired) electrons. The van der Waals surface area contributed by atoms with E-state index in [0.717, 1.165) is 16.5 Å². The van der Waals surface area contributed by atoms with E-state index in [1.165, 1.54) is 0 Å². The van der Waals surface area contributed by atoms with E-state index in [2.05, 4.69) is 4.98 Å². The molecule has 0 unspecified atom stereocenters. The zero-order valence-corrected chi connectivity index (χ0v) is 9.21. The summed E-state index contributed by atoms with van der Waals surface area (Å²) in [4.78, 5) is 15.0. The minimum atomic E-state index is -1.01. The summed E-state index contributed by atoms with van der Waals surface area (Å²) in [6.45, 7) is 2.01. The number of fused-ring (bicyclic) bond motifs is 3. The van der Waals surface area contributed by atoms with Gasteiger partial charge >= 0.3 is 5.97 Å². The Kier molecular flexibility index (Phi) is 1.92. The molecule has 17 heavy (non-hydrogen) atoms. The van der Waals surface area contributed by atoms with Gasteiger partial charge in [-0.1, -0.05) is 12.1 Å². The average Bonchev–Trinajstić information content (AvgIpc) is 2.73. The van der Waals surface area contributed by atoms with E-state index < -0.39 is 5.97 Å². The van der Waals surface area contributed by atoms with Crippen molar-refractivity contribution in [2.45, 2.75) is 6.92 Å². The van der Waals surface area contributed by atoms with Gasteiger partial charge in [0.05, 0.1) is 5.52 Å². The number of aromatic nitrogens is 2. The maximum Gasteiger partial charge on any atom is 0.356 e. The van der Waals surface area contributed by atoms with Crippen LogP contribution in [0.5, 0.6) is 0 Å². The summed E-state index contributed by atoms with van der Waals surface area (Å²) in [6, 6.07) is 9.84. The van der Waals surface area contributed by atoms with Crippen molar-refractivity contribution in [2.24, 2.45) is 0 Å². The molecule has 0 bridgehead atoms. The third-order valence-corrected chi connectivity index (χ3v) is 2.81. The molecule has 0 saturated carbocycles. The summed E-state index contributed by atoms with van der Waals surface area (Å²) in [5.41, 5.74) is 2.83. The summed E-state index contributed by atoms with van der Waals surface area (Å²) in [5, 5.41) is 10.0. The SMILES string of the molecule is Cc1ccc2ccc3nc(C(=O)O)cn3c2c1. The van der Waals surface area contributed by atoms with Crippen molar-refractivity contribution in [3.63, 3.8) is 0 Å². The van der Waals surface area contributed by atoms with Gasteiger partial charge in [0, 0.05) is 6.20 Å². The highest BCUT2D eigenvalue weighted by atomic mass is 16.4. The molecule has 0 amide bonds. The fourth-order valence-corrected chi connectivity index (χ4v) is 1.98. The van der Waals surface area contributed by atoms with Crippen molar-refractivity contribution in [2.75, 3.05) is 0 Å². The molecule has 2 heterocycles. The van der Waals surface area contributed by atoms with Crippen molar-refractivity contribution in [3.05, 3.63) is 47.8 Å². The van der Waals surface area contributed by atoms with Crippen LogP contribution in [0.25, 0.3) is 16.6 Å². The van der Waals surface area contributed by atoms with Gasteiger partial charge in [-0.25, -0.2) is 9.78 Å². The van der Waals surface area contributed by atoms with E-state index in [9.17, 15) is 4.79 Å². The molecule has 2 aromatic heterocycles. The average molecular weight is 226 g/mol. The Morgan fingerprint density at radius 3 is 2.82 bits per heavy atom. The third kappa shape index (κ3) is 1.45. The molecule has 0 aliphatic carbocycles. The Labute approximate surface area is 97.1 Å². The fourth-order valence-electron chi connectivity index (χ4n) is 1.98. The van der Waals surface area contributed by atoms with Crippen LogP contribution in [0.4, 0.5) is 0 Å². The lowest BCUT2D eigenvalue weighted by atomic mass is 10.1. The molecule has 1 aromatic carbocycles. The van der Waals surface area contributed by atoms with Crippen LogP contribution in [0.15, 0.2) is 36.5 Å². The first-order valence-corrected chi connectivity index (χ1v) is 5.27. The Morgan fingerprint density at radius 1 is 1.29 bits per heavy atom. The number of rotatable bonds is 1. The van der Waals surface area contributed by atoms with Gasteiger partial charge in [-0.15, -0.1) is 0 Å². The minimum Gasteiger partial charge on any atom is -0.476 e. The largest absolute Gasteiger partial charge is 0.476 e. The normalized spacial score (nSPS) is 11.1. The van der Waals surface area contributed by atoms with E-state index in [-0.39, 0.29) is 5.69 Å². The van der Waals surface area contributed by atoms with E-state index in [1.54, 1.807) is 6.20 Å². The molecule has 0 atom stereocenters. The third-order valence-electron chi connectivity index (χ3n) is 2.81. The number of benzene rings is 1. The monoisotopic (exact) mass is 226 g/mol. The number of hydrogen-bond acceptors (Lipinski definition) is 2. The maximum atomic E-state index is 10.9. The van der Waals surface area contributed by atoms with Crippen molar-refractivity contribution < 1.29 is 9.90 Å². The van der Waals surface area contributed by atoms with Crippen LogP contribution in [-0.2, 0) is 0 Å². The second-order valence-corrected chi connectivity index (χ2v) is 4.06. The quantitative estimate of drug-likeness (QED) is 0.693. The topological polar surface area (TPSA) is 54.6 Å². The summed E-state index contributed by atoms with van der Waals surface area (Å²) in [7, 11) is 0. The number of aryl methyl sites for hydroxylation is 1. The molecule has 3 rings (SSSR count). The first-order valence-electron chi connectivity index (χ1n) is 5.27. The standard InChI is InChI=1S/C13H10N2O2/c1-8-2-3-9-4-5-12-14-10(13(16)17)7-15(12)11(9)6-8/h2-7H,1H3,(H,16,17). The molecular weight excluding hydrogens is 216 g/mol. The number of carboxylic acid groups (broad SMARTS) is 1. The maximum absolute atomic E-state index is 10.9. The Bertz CT molecular complexity index is 744. The Balaban J connectivity index is 2.45. The van der Waals surface area contributed by atoms with Gasteiger partial charge in [-0.3, -0.25) is 4.40 Å². The summed E-state index contributed by atoms with van der Waals surface area (Å²) in [6.07, 6.45) is 1.56. The lowest BCUT2D eigenvalue weighted by Crippen LogP contribution is -1.94. The second-order valence-electron chi connectivity index (χ2n) is 4.06. The molecule has 0 fully saturated rings. The molecule has 0 spiro atoms. The number of carbonyl (C=O) groups is 1. The zero-order valence-electron chi connectivity index (χ0n) is 9.21. The number of aromatic carboxylic acids is 1. The number of nitrogens with zero attached hydrogens (tertiary/aromatic N) is 2. The van der Waals surface area contributed by atoms with Crippen molar-refractivity contribution in [1.29, 1.82) is 0 Å². The second kappa shape index (κ2) is 3.31. The summed E-state index contributed by atoms with van der Waals surface area (Å²) in [5.74, 6) is -1.01. The fraction of sp³-hybridized carbons (Fsp3) is 0.0769. The number of imidazole rings is 1. The molecule has 0 saturated heterocycles. The van der Waals surface area contributed by atoms with E-state index >= 15 is 0 Å². The van der Waals surface area contributed by atoms with Crippen LogP contribution in [0.3, 0.4) is 0 Å². The lowest BCUT2D eigenvalue weighted by Gasteiger charge is -2.02. The molecule has 4 nitrogen and oxygen atoms in total. The van der Waals surface area contributed by atoms with Crippen LogP contribution < -0.4 is 0 Å². The Hall–Kier alpha value is -2.36. The molecule has 0 aliphatic heterocycles. The predicted molar refractivity (Wildman–Crippen MR) is 64.4 cm³/mol. The Morgan fingerprint density at radius 2 is 2.06 bits per heavy atom. The van der Waals surface area contributed by atoms with Gasteiger partial charge in [0.1, 0.15) is 5.65 Å². The molecule has 84 valence electrons. The van der Waals surface area contributed by atoms with Crippen molar-refractivity contribution >= 4 is 22.5 Å². The zero-order chi connectivity index (χ0) is 12.0. The molecule has 0 aliphatic rings. The summed E-state index contributed by atoms with van der Waals surface area (Å²) >= 11 is 0. The first kappa shape index (κ1) is 9.84. The predicted octanol–water partition coefficient (Wildman–Crippen LogP) is 2.49. The van der Waals surface area contributed by atoms with E-state index in [0.29, 0.717) is 5.65 Å². The first-order chi connectivity index (χ1) is 8.15. The van der Waals surface area contributed by atoms with Gasteiger partial charge in [0.25, 0.3) is 0 Å². The van der Waals surface area contributed by atoms with Gasteiger partial charge in [0.15, 0.2) is 5.69 Å². The highest BCUT2D eigenvalue weighted by molar-refractivity contribution is 5.88. The van der Waals surface area contributed by atoms with E-state index in [4.69, 9.17) is 5.11 Å². The molecule has 4 heteroatoms. The number of hydrogen-bond donors (Lipinski definition) is 1. The van der Waals surface area contributed by atoms with Crippen LogP contribution >= 0.6 is 0 Å². The van der Waals surface area contributed by atoms with Crippen molar-refractivity contribution in [1.82, 2.24) is 9.38 Å². The van der Waals surface area contributed by atoms with Crippen LogP contribution in [-0.4, -0.2) is 20.5 Å². The smallest absolute Gasteiger partial charge is 0.356 e. The van der Waals surface area contributed by atoms with Gasteiger partial charge in [-0.2, -0.15) is 0 Å². The van der Waals surface area contributed by atoms with Gasteiger partial charge in [0.2, 0.25) is 0 Å². The van der Waals surface area contributed by atoms with Crippen LogP contribution in [0.2, 0.25) is 0 Å². The lowest BCUT2D eigenvalue weighted by molar-refractivity contribution is 0.0691. The van der Waals surface area contributed by atoms with Gasteiger partial charge in [-0.05, 0) is 36.1 Å². The van der Waals surface area contributed by atoms with Crippen LogP contribution in [0.1, 0.15) is 16.1 Å². The number of pyridine rings is 1. The molecular formula is C13H10N2O2. The van der Waals surface area contributed by atoms with E-state index in [1.807, 2.05) is 41.7 Å². The molecule has 1 N–H and O–H groups in total. The highest BCUT2D eigenvalue weighted by Crippen LogP contribution is 2.18. The summed E-state index contributed by atoms with van der Waals surface area (Å²) < 4.78 is 1.81. The van der Waals surface area contributed by atoms with Crippen LogP contribution in [0, 0.1) is 6.92 Å². The minimum absolute atomic E-state index is 0.0685. The molecule has 3 aromatic rings. The van der Waals surface area contributed by atoms with Gasteiger partial charge < -0.3 is 5.11 Å². The number of carboxylic acids is 1.